The number of nitrogens with zero attached hydrogens (tertiary/aromatic N) is 1. The van der Waals surface area contributed by atoms with Gasteiger partial charge >= 0.3 is 6.09 Å². The topological polar surface area (TPSA) is 58.6 Å². The molecular formula is C21H26N2O3. The number of amides is 2. The van der Waals surface area contributed by atoms with Crippen molar-refractivity contribution >= 4 is 17.7 Å². The van der Waals surface area contributed by atoms with Crippen LogP contribution in [-0.2, 0) is 16.0 Å². The van der Waals surface area contributed by atoms with E-state index < -0.39 is 17.7 Å². The normalized spacial score (nSPS) is 12.2. The Hall–Kier alpha value is -2.82. The number of anilines is 1. The highest BCUT2D eigenvalue weighted by atomic mass is 16.6. The molecule has 0 fully saturated rings. The first-order valence-corrected chi connectivity index (χ1v) is 8.62. The summed E-state index contributed by atoms with van der Waals surface area (Å²) >= 11 is 0. The number of hydrogen-bond acceptors (Lipinski definition) is 3. The van der Waals surface area contributed by atoms with Gasteiger partial charge in [0.25, 0.3) is 0 Å². The van der Waals surface area contributed by atoms with Crippen LogP contribution >= 0.6 is 0 Å². The van der Waals surface area contributed by atoms with Crippen molar-refractivity contribution < 1.29 is 14.3 Å². The second-order valence-corrected chi connectivity index (χ2v) is 7.12. The maximum Gasteiger partial charge on any atom is 0.408 e. The van der Waals surface area contributed by atoms with E-state index in [0.29, 0.717) is 6.42 Å². The van der Waals surface area contributed by atoms with Crippen molar-refractivity contribution in [2.45, 2.75) is 38.8 Å². The molecule has 138 valence electrons. The molecule has 1 N–H and O–H groups in total. The number of alkyl carbamates (subject to hydrolysis) is 1. The number of carbonyl (C=O) groups is 2. The molecule has 0 aliphatic heterocycles. The number of benzene rings is 2. The Bertz CT molecular complexity index is 724. The number of likely N-dealkylation sites (N-methyl/N-ethyl adjacent to an activating group) is 1. The largest absolute Gasteiger partial charge is 0.444 e. The fraction of sp³-hybridized carbons (Fsp3) is 0.333. The van der Waals surface area contributed by atoms with Crippen molar-refractivity contribution in [3.8, 4) is 0 Å². The van der Waals surface area contributed by atoms with Crippen LogP contribution in [0.2, 0.25) is 0 Å². The second-order valence-electron chi connectivity index (χ2n) is 7.12. The fourth-order valence-electron chi connectivity index (χ4n) is 2.51. The van der Waals surface area contributed by atoms with Gasteiger partial charge in [0, 0.05) is 19.2 Å². The number of carbonyl (C=O) groups excluding carboxylic acids is 2. The summed E-state index contributed by atoms with van der Waals surface area (Å²) in [5, 5.41) is 2.72. The molecule has 0 aliphatic carbocycles. The van der Waals surface area contributed by atoms with E-state index in [9.17, 15) is 9.59 Å². The van der Waals surface area contributed by atoms with Gasteiger partial charge in [-0.2, -0.15) is 0 Å². The highest BCUT2D eigenvalue weighted by Crippen LogP contribution is 2.15. The first-order chi connectivity index (χ1) is 12.3. The second kappa shape index (κ2) is 8.52. The van der Waals surface area contributed by atoms with Crippen LogP contribution < -0.4 is 10.2 Å². The lowest BCUT2D eigenvalue weighted by Crippen LogP contribution is -2.50. The third-order valence-electron chi connectivity index (χ3n) is 3.75. The van der Waals surface area contributed by atoms with E-state index in [-0.39, 0.29) is 5.91 Å². The lowest BCUT2D eigenvalue weighted by molar-refractivity contribution is -0.120. The van der Waals surface area contributed by atoms with Gasteiger partial charge in [-0.1, -0.05) is 48.5 Å². The first-order valence-electron chi connectivity index (χ1n) is 8.62. The van der Waals surface area contributed by atoms with E-state index in [0.717, 1.165) is 11.3 Å². The molecule has 2 aromatic carbocycles. The molecule has 0 heterocycles. The van der Waals surface area contributed by atoms with Gasteiger partial charge in [0.05, 0.1) is 0 Å². The smallest absolute Gasteiger partial charge is 0.408 e. The van der Waals surface area contributed by atoms with Crippen LogP contribution in [0.4, 0.5) is 10.5 Å². The number of hydrogen-bond donors (Lipinski definition) is 1. The van der Waals surface area contributed by atoms with E-state index in [1.807, 2.05) is 60.7 Å². The van der Waals surface area contributed by atoms with Crippen LogP contribution in [0.25, 0.3) is 0 Å². The van der Waals surface area contributed by atoms with E-state index in [4.69, 9.17) is 4.74 Å². The molecule has 5 heteroatoms. The Kier molecular flexibility index (Phi) is 6.39. The van der Waals surface area contributed by atoms with Crippen molar-refractivity contribution in [1.29, 1.82) is 0 Å². The van der Waals surface area contributed by atoms with Gasteiger partial charge in [0.1, 0.15) is 11.6 Å². The highest BCUT2D eigenvalue weighted by Gasteiger charge is 2.27. The summed E-state index contributed by atoms with van der Waals surface area (Å²) < 4.78 is 5.32. The third kappa shape index (κ3) is 5.92. The van der Waals surface area contributed by atoms with Gasteiger partial charge < -0.3 is 15.0 Å². The summed E-state index contributed by atoms with van der Waals surface area (Å²) in [5.74, 6) is -0.203. The van der Waals surface area contributed by atoms with Crippen LogP contribution in [0.3, 0.4) is 0 Å². The standard InChI is InChI=1S/C21H26N2O3/c1-21(2,3)26-20(25)22-18(15-16-11-7-5-8-12-16)19(24)23(4)17-13-9-6-10-14-17/h5-14,18H,15H2,1-4H3,(H,22,25). The molecule has 2 amide bonds. The summed E-state index contributed by atoms with van der Waals surface area (Å²) in [4.78, 5) is 26.8. The molecule has 0 saturated carbocycles. The molecule has 0 aromatic heterocycles. The van der Waals surface area contributed by atoms with Gasteiger partial charge in [-0.25, -0.2) is 4.79 Å². The Morgan fingerprint density at radius 3 is 2.08 bits per heavy atom. The fourth-order valence-corrected chi connectivity index (χ4v) is 2.51. The van der Waals surface area contributed by atoms with Crippen molar-refractivity contribution in [2.24, 2.45) is 0 Å². The van der Waals surface area contributed by atoms with E-state index in [1.54, 1.807) is 32.7 Å². The monoisotopic (exact) mass is 354 g/mol. The minimum atomic E-state index is -0.725. The maximum absolute atomic E-state index is 13.0. The molecule has 0 saturated heterocycles. The third-order valence-corrected chi connectivity index (χ3v) is 3.75. The molecule has 0 aliphatic rings. The molecule has 1 unspecified atom stereocenters. The molecule has 0 radical (unpaired) electrons. The van der Waals surface area contributed by atoms with Gasteiger partial charge in [-0.05, 0) is 38.5 Å². The lowest BCUT2D eigenvalue weighted by Gasteiger charge is -2.26. The molecule has 1 atom stereocenters. The molecule has 0 bridgehead atoms. The van der Waals surface area contributed by atoms with Crippen LogP contribution in [-0.4, -0.2) is 30.7 Å². The summed E-state index contributed by atoms with van der Waals surface area (Å²) in [6.07, 6.45) is -0.218. The van der Waals surface area contributed by atoms with Crippen LogP contribution in [0.1, 0.15) is 26.3 Å². The predicted octanol–water partition coefficient (Wildman–Crippen LogP) is 3.79. The van der Waals surface area contributed by atoms with E-state index in [1.165, 1.54) is 0 Å². The number of ether oxygens (including phenoxy) is 1. The average Bonchev–Trinajstić information content (AvgIpc) is 2.60. The summed E-state index contributed by atoms with van der Waals surface area (Å²) in [7, 11) is 1.70. The zero-order chi connectivity index (χ0) is 19.2. The molecule has 5 nitrogen and oxygen atoms in total. The van der Waals surface area contributed by atoms with Crippen LogP contribution in [0, 0.1) is 0 Å². The molecule has 26 heavy (non-hydrogen) atoms. The van der Waals surface area contributed by atoms with Crippen molar-refractivity contribution in [3.63, 3.8) is 0 Å². The first kappa shape index (κ1) is 19.5. The van der Waals surface area contributed by atoms with Gasteiger partial charge in [-0.3, -0.25) is 4.79 Å². The molecule has 2 rings (SSSR count). The number of rotatable bonds is 5. The van der Waals surface area contributed by atoms with Crippen LogP contribution in [0.5, 0.6) is 0 Å². The molecule has 0 spiro atoms. The van der Waals surface area contributed by atoms with Crippen molar-refractivity contribution in [2.75, 3.05) is 11.9 Å². The summed E-state index contributed by atoms with van der Waals surface area (Å²) in [6, 6.07) is 18.2. The maximum atomic E-state index is 13.0. The molecular weight excluding hydrogens is 328 g/mol. The van der Waals surface area contributed by atoms with E-state index >= 15 is 0 Å². The Morgan fingerprint density at radius 2 is 1.54 bits per heavy atom. The van der Waals surface area contributed by atoms with E-state index in [2.05, 4.69) is 5.32 Å². The Labute approximate surface area is 155 Å². The number of nitrogens with one attached hydrogen (secondary N) is 1. The highest BCUT2D eigenvalue weighted by molar-refractivity contribution is 5.98. The quantitative estimate of drug-likeness (QED) is 0.889. The van der Waals surface area contributed by atoms with Gasteiger partial charge in [0.15, 0.2) is 0 Å². The van der Waals surface area contributed by atoms with Crippen LogP contribution in [0.15, 0.2) is 60.7 Å². The minimum absolute atomic E-state index is 0.203. The zero-order valence-corrected chi connectivity index (χ0v) is 15.7. The minimum Gasteiger partial charge on any atom is -0.444 e. The predicted molar refractivity (Wildman–Crippen MR) is 103 cm³/mol. The molecule has 2 aromatic rings. The average molecular weight is 354 g/mol. The Balaban J connectivity index is 2.18. The van der Waals surface area contributed by atoms with Crippen molar-refractivity contribution in [3.05, 3.63) is 66.2 Å². The van der Waals surface area contributed by atoms with Crippen molar-refractivity contribution in [1.82, 2.24) is 5.32 Å². The number of para-hydroxylation sites is 1. The van der Waals surface area contributed by atoms with Gasteiger partial charge in [0.2, 0.25) is 5.91 Å². The Morgan fingerprint density at radius 1 is 1.00 bits per heavy atom. The zero-order valence-electron chi connectivity index (χ0n) is 15.7. The van der Waals surface area contributed by atoms with Gasteiger partial charge in [-0.15, -0.1) is 0 Å². The summed E-state index contributed by atoms with van der Waals surface area (Å²) in [6.45, 7) is 5.37. The summed E-state index contributed by atoms with van der Waals surface area (Å²) in [5.41, 5.74) is 1.10. The SMILES string of the molecule is CN(C(=O)C(Cc1ccccc1)NC(=O)OC(C)(C)C)c1ccccc1. The lowest BCUT2D eigenvalue weighted by atomic mass is 10.0.